The number of unbranched alkanes of at least 4 members (excludes halogenated alkanes) is 4. The van der Waals surface area contributed by atoms with Crippen molar-refractivity contribution in [1.29, 1.82) is 0 Å². The number of benzene rings is 4. The minimum absolute atomic E-state index is 0. The van der Waals surface area contributed by atoms with Gasteiger partial charge in [-0.15, -0.1) is 0 Å². The first-order valence-corrected chi connectivity index (χ1v) is 23.9. The Morgan fingerprint density at radius 2 is 0.500 bits per heavy atom. The van der Waals surface area contributed by atoms with Gasteiger partial charge in [-0.1, -0.05) is 198 Å². The van der Waals surface area contributed by atoms with Crippen molar-refractivity contribution >= 4 is 46.2 Å². The second kappa shape index (κ2) is 38.1. The predicted octanol–water partition coefficient (Wildman–Crippen LogP) is 11.1. The molecule has 4 aromatic carbocycles. The number of allylic oxidation sites excluding steroid dienone is 4. The fourth-order valence-electron chi connectivity index (χ4n) is 6.19. The van der Waals surface area contributed by atoms with Gasteiger partial charge >= 0.3 is 74.1 Å². The average Bonchev–Trinajstić information content (AvgIpc) is 3.38. The molecule has 0 N–H and O–H groups in total. The molecule has 4 aromatic rings. The fourth-order valence-corrected chi connectivity index (χ4v) is 6.19. The van der Waals surface area contributed by atoms with Crippen molar-refractivity contribution in [2.45, 2.75) is 104 Å². The third-order valence-corrected chi connectivity index (χ3v) is 10.3. The van der Waals surface area contributed by atoms with Crippen LogP contribution in [0.15, 0.2) is 146 Å². The van der Waals surface area contributed by atoms with Crippen LogP contribution in [0.3, 0.4) is 0 Å². The number of hydrogen-bond donors (Lipinski definition) is 0. The number of quaternary nitrogens is 1. The Labute approximate surface area is 486 Å². The molecule has 0 amide bonds. The molecule has 0 radical (unpaired) electrons. The maximum atomic E-state index is 11.8. The van der Waals surface area contributed by atoms with E-state index in [2.05, 4.69) is 27.7 Å². The summed E-state index contributed by atoms with van der Waals surface area (Å²) >= 11 is 0. The van der Waals surface area contributed by atoms with Crippen LogP contribution in [0.4, 0.5) is 52.7 Å². The molecule has 0 atom stereocenters. The van der Waals surface area contributed by atoms with E-state index >= 15 is 0 Å². The maximum Gasteiger partial charge on any atom is 3.00 e. The summed E-state index contributed by atoms with van der Waals surface area (Å²) in [7, 11) is 0. The molecule has 78 heavy (non-hydrogen) atoms. The third kappa shape index (κ3) is 32.4. The molecule has 428 valence electrons. The van der Waals surface area contributed by atoms with Crippen LogP contribution in [0.2, 0.25) is 0 Å². The number of carbonyl (C=O) groups excluding carboxylic acids is 4. The molecule has 0 saturated heterocycles. The quantitative estimate of drug-likeness (QED) is 0.0366. The van der Waals surface area contributed by atoms with Crippen LogP contribution < -0.4 is 20.4 Å². The second-order valence-corrected chi connectivity index (χ2v) is 16.6. The van der Waals surface area contributed by atoms with Crippen LogP contribution in [0.5, 0.6) is 0 Å². The number of alkyl halides is 12. The number of carbonyl (C=O) groups is 4. The summed E-state index contributed by atoms with van der Waals surface area (Å²) in [6.45, 7) is 15.0. The van der Waals surface area contributed by atoms with Gasteiger partial charge in [0.05, 0.1) is 26.2 Å². The van der Waals surface area contributed by atoms with E-state index in [4.69, 9.17) is 0 Å². The van der Waals surface area contributed by atoms with Crippen molar-refractivity contribution in [2.75, 3.05) is 26.2 Å². The normalized spacial score (nSPS) is 12.3. The van der Waals surface area contributed by atoms with Gasteiger partial charge in [0, 0.05) is 0 Å². The van der Waals surface area contributed by atoms with Gasteiger partial charge in [-0.25, -0.2) is 0 Å². The zero-order valence-corrected chi connectivity index (χ0v) is 45.4. The number of ketones is 4. The van der Waals surface area contributed by atoms with E-state index in [1.807, 2.05) is 0 Å². The van der Waals surface area contributed by atoms with Crippen LogP contribution in [0.1, 0.15) is 101 Å². The Kier molecular flexibility index (Phi) is 36.4. The van der Waals surface area contributed by atoms with Crippen molar-refractivity contribution in [2.24, 2.45) is 0 Å². The Morgan fingerprint density at radius 3 is 0.628 bits per heavy atom. The molecular weight excluding hydrogens is 1190 g/mol. The van der Waals surface area contributed by atoms with E-state index in [-0.39, 0.29) is 95.9 Å². The summed E-state index contributed by atoms with van der Waals surface area (Å²) in [6.07, 6.45) is -8.72. The second-order valence-electron chi connectivity index (χ2n) is 16.6. The topological polar surface area (TPSA) is 161 Å². The van der Waals surface area contributed by atoms with Crippen LogP contribution in [0, 0.1) is 49.4 Å². The van der Waals surface area contributed by atoms with Gasteiger partial charge in [-0.05, 0) is 72.2 Å². The van der Waals surface area contributed by atoms with Gasteiger partial charge in [0.2, 0.25) is 0 Å². The molecule has 0 spiro atoms. The Morgan fingerprint density at radius 1 is 0.346 bits per heavy atom. The fraction of sp³-hybridized carbons (Fsp3) is 0.357. The molecule has 0 bridgehead atoms. The van der Waals surface area contributed by atoms with Crippen molar-refractivity contribution < 1.29 is 146 Å². The minimum atomic E-state index is -5.00. The van der Waals surface area contributed by atoms with E-state index in [0.29, 0.717) is 0 Å². The first-order chi connectivity index (χ1) is 35.9. The van der Waals surface area contributed by atoms with Gasteiger partial charge in [-0.2, -0.15) is 52.7 Å². The van der Waals surface area contributed by atoms with Crippen molar-refractivity contribution in [3.05, 3.63) is 168 Å². The Hall–Kier alpha value is -5.58. The zero-order chi connectivity index (χ0) is 58.9. The summed E-state index contributed by atoms with van der Waals surface area (Å²) in [5, 5.41) is 44.5. The van der Waals surface area contributed by atoms with E-state index < -0.39 is 70.9 Å². The Bertz CT molecular complexity index is 2130. The number of rotatable bonds is 20. The molecule has 9 nitrogen and oxygen atoms in total. The maximum absolute atomic E-state index is 11.8. The predicted molar refractivity (Wildman–Crippen MR) is 261 cm³/mol. The van der Waals surface area contributed by atoms with Crippen LogP contribution in [0.25, 0.3) is 23.0 Å². The summed E-state index contributed by atoms with van der Waals surface area (Å²) < 4.78 is 143. The Balaban J connectivity index is 0. The molecule has 0 saturated carbocycles. The molecule has 0 fully saturated rings. The van der Waals surface area contributed by atoms with Gasteiger partial charge in [0.15, 0.2) is 0 Å². The van der Waals surface area contributed by atoms with Crippen LogP contribution in [-0.4, -0.2) is 78.5 Å². The van der Waals surface area contributed by atoms with E-state index in [1.165, 1.54) is 179 Å². The van der Waals surface area contributed by atoms with Crippen molar-refractivity contribution in [3.63, 3.8) is 0 Å². The van der Waals surface area contributed by atoms with Crippen molar-refractivity contribution in [1.82, 2.24) is 0 Å². The third-order valence-electron chi connectivity index (χ3n) is 10.3. The SMILES string of the molecule is CCCC[N+](CCCC)(CCCC)CCCC.O=C(/C=C(/[O-])c1ccccc1)C(F)(F)F.O=C(/C=C(/[O-])c1ccccc1)C(F)(F)F.O=C(/C=C(/[O-])c1ccccc1)C(F)(F)F.O=C(/C=C(/[O-])c1ccccc1)C(F)(F)F.[Eu+3]. The molecule has 0 aliphatic carbocycles. The van der Waals surface area contributed by atoms with Gasteiger partial charge in [0.1, 0.15) is 0 Å². The molecule has 22 heteroatoms. The minimum Gasteiger partial charge on any atom is -0.872 e. The summed E-state index contributed by atoms with van der Waals surface area (Å²) in [6, 6.07) is 29.1. The number of hydrogen-bond acceptors (Lipinski definition) is 8. The van der Waals surface area contributed by atoms with E-state index in [9.17, 15) is 92.3 Å². The standard InChI is InChI=1S/C16H36N.4C10H7F3O2.Eu/c1-5-9-13-17(14-10-6-2,15-11-7-3)16-12-8-4;4*11-10(12,13)9(15)6-8(14)7-4-2-1-3-5-7;/h5-16H2,1-4H3;4*1-6,14H;/q+1;;;;;+3/p-4/b;4*8-6+;. The van der Waals surface area contributed by atoms with E-state index in [0.717, 1.165) is 0 Å². The summed E-state index contributed by atoms with van der Waals surface area (Å²) in [5.41, 5.74) is 0.204. The van der Waals surface area contributed by atoms with Gasteiger partial charge in [0.25, 0.3) is 23.1 Å². The monoisotopic (exact) mass is 1260 g/mol. The van der Waals surface area contributed by atoms with Gasteiger partial charge in [-0.3, -0.25) is 19.2 Å². The van der Waals surface area contributed by atoms with Gasteiger partial charge < -0.3 is 24.9 Å². The number of nitrogens with zero attached hydrogens (tertiary/aromatic N) is 1. The van der Waals surface area contributed by atoms with Crippen LogP contribution >= 0.6 is 0 Å². The molecule has 4 rings (SSSR count). The molecule has 0 heterocycles. The first kappa shape index (κ1) is 74.5. The van der Waals surface area contributed by atoms with E-state index in [1.54, 1.807) is 24.3 Å². The number of halogens is 12. The zero-order valence-electron chi connectivity index (χ0n) is 43.0. The molecule has 0 unspecified atom stereocenters. The molecule has 0 aromatic heterocycles. The largest absolute Gasteiger partial charge is 3.00 e. The molecular formula is C56H60EuF12NO8. The summed E-state index contributed by atoms with van der Waals surface area (Å²) in [5.74, 6) is -12.4. The summed E-state index contributed by atoms with van der Waals surface area (Å²) in [4.78, 5) is 41.8. The first-order valence-electron chi connectivity index (χ1n) is 23.9. The molecule has 0 aliphatic heterocycles. The smallest absolute Gasteiger partial charge is 0.872 e. The molecule has 0 aliphatic rings. The van der Waals surface area contributed by atoms with Crippen molar-refractivity contribution in [3.8, 4) is 0 Å². The van der Waals surface area contributed by atoms with Crippen LogP contribution in [-0.2, 0) is 19.2 Å². The average molecular weight is 1260 g/mol.